The Kier molecular flexibility index (Phi) is 6.39. The zero-order valence-corrected chi connectivity index (χ0v) is 25.8. The molecule has 2 nitrogen and oxygen atoms in total. The third-order valence-electron chi connectivity index (χ3n) is 9.44. The highest BCUT2D eigenvalue weighted by Crippen LogP contribution is 2.53. The van der Waals surface area contributed by atoms with Crippen molar-refractivity contribution in [2.75, 3.05) is 4.90 Å². The molecule has 0 fully saturated rings. The van der Waals surface area contributed by atoms with E-state index in [0.29, 0.717) is 0 Å². The average Bonchev–Trinajstić information content (AvgIpc) is 3.15. The number of rotatable bonds is 5. The van der Waals surface area contributed by atoms with Crippen molar-refractivity contribution in [2.24, 2.45) is 0 Å². The molecule has 0 aliphatic carbocycles. The fraction of sp³-hybridized carbons (Fsp3) is 0.0222. The predicted molar refractivity (Wildman–Crippen MR) is 195 cm³/mol. The van der Waals surface area contributed by atoms with Crippen molar-refractivity contribution in [3.63, 3.8) is 0 Å². The third kappa shape index (κ3) is 4.41. The Morgan fingerprint density at radius 2 is 1.00 bits per heavy atom. The van der Waals surface area contributed by atoms with Crippen LogP contribution in [0.3, 0.4) is 0 Å². The van der Waals surface area contributed by atoms with Gasteiger partial charge in [0.05, 0.1) is 5.69 Å². The van der Waals surface area contributed by atoms with E-state index in [1.165, 1.54) is 27.1 Å². The largest absolute Gasteiger partial charge is 0.472 e. The summed E-state index contributed by atoms with van der Waals surface area (Å²) in [7, 11) is 0. The first-order valence-electron chi connectivity index (χ1n) is 16.1. The monoisotopic (exact) mass is 601 g/mol. The van der Waals surface area contributed by atoms with Gasteiger partial charge in [0.25, 0.3) is 0 Å². The van der Waals surface area contributed by atoms with Crippen molar-refractivity contribution in [1.29, 1.82) is 0 Å². The van der Waals surface area contributed by atoms with E-state index in [2.05, 4.69) is 193 Å². The maximum atomic E-state index is 7.41. The number of nitrogens with zero attached hydrogens (tertiary/aromatic N) is 1. The Bertz CT molecular complexity index is 2350. The van der Waals surface area contributed by atoms with Crippen LogP contribution < -0.4 is 9.64 Å². The minimum absolute atomic E-state index is 0.821. The molecule has 8 aromatic carbocycles. The van der Waals surface area contributed by atoms with Gasteiger partial charge in [-0.2, -0.15) is 0 Å². The van der Waals surface area contributed by atoms with Crippen LogP contribution in [0.1, 0.15) is 16.7 Å². The maximum Gasteiger partial charge on any atom is 0.185 e. The van der Waals surface area contributed by atoms with Crippen LogP contribution >= 0.6 is 0 Å². The van der Waals surface area contributed by atoms with Gasteiger partial charge in [0, 0.05) is 45.1 Å². The first-order chi connectivity index (χ1) is 23.3. The lowest BCUT2D eigenvalue weighted by Gasteiger charge is -2.41. The quantitative estimate of drug-likeness (QED) is 0.195. The van der Waals surface area contributed by atoms with E-state index in [0.717, 1.165) is 45.1 Å². The van der Waals surface area contributed by atoms with E-state index in [1.807, 2.05) is 0 Å². The van der Waals surface area contributed by atoms with E-state index in [1.54, 1.807) is 0 Å². The molecule has 9 rings (SSSR count). The molecule has 47 heavy (non-hydrogen) atoms. The van der Waals surface area contributed by atoms with Crippen molar-refractivity contribution in [3.8, 4) is 16.9 Å². The molecular weight excluding hydrogens is 571 g/mol. The number of hydrogen-bond acceptors (Lipinski definition) is 2. The molecular formula is C45H31NO. The van der Waals surface area contributed by atoms with Crippen LogP contribution in [-0.4, -0.2) is 0 Å². The maximum absolute atomic E-state index is 7.41. The minimum atomic E-state index is -0.821. The lowest BCUT2D eigenvalue weighted by atomic mass is 9.75. The number of hydrogen-bond donors (Lipinski definition) is 0. The van der Waals surface area contributed by atoms with Gasteiger partial charge >= 0.3 is 0 Å². The first-order valence-corrected chi connectivity index (χ1v) is 16.1. The average molecular weight is 602 g/mol. The molecule has 0 aromatic heterocycles. The molecule has 0 atom stereocenters. The Balaban J connectivity index is 1.30. The highest BCUT2D eigenvalue weighted by atomic mass is 16.5. The number of benzene rings is 8. The molecule has 0 radical (unpaired) electrons. The molecule has 1 aliphatic rings. The standard InChI is InChI=1S/C45H31NO/c1-3-18-35(19-4-1)45(36-20-5-2-6-21-36)42-24-12-11-23-40(42)41-29-28-38(31-44(41)47-45)46(37-27-26-32-14-7-8-16-34(32)30-37)43-25-13-17-33-15-9-10-22-39(33)43/h1-31H. The summed E-state index contributed by atoms with van der Waals surface area (Å²) >= 11 is 0. The van der Waals surface area contributed by atoms with Gasteiger partial charge in [-0.1, -0.05) is 152 Å². The summed E-state index contributed by atoms with van der Waals surface area (Å²) in [6, 6.07) is 67.0. The van der Waals surface area contributed by atoms with Gasteiger partial charge in [0.2, 0.25) is 0 Å². The summed E-state index contributed by atoms with van der Waals surface area (Å²) in [6.07, 6.45) is 0. The van der Waals surface area contributed by atoms with Crippen molar-refractivity contribution in [1.82, 2.24) is 0 Å². The smallest absolute Gasteiger partial charge is 0.185 e. The lowest BCUT2D eigenvalue weighted by molar-refractivity contribution is 0.152. The second kappa shape index (κ2) is 11.0. The van der Waals surface area contributed by atoms with Crippen LogP contribution in [0.15, 0.2) is 188 Å². The van der Waals surface area contributed by atoms with Crippen LogP contribution in [0.5, 0.6) is 5.75 Å². The molecule has 0 saturated carbocycles. The van der Waals surface area contributed by atoms with Gasteiger partial charge < -0.3 is 9.64 Å². The van der Waals surface area contributed by atoms with Crippen molar-refractivity contribution >= 4 is 38.6 Å². The fourth-order valence-corrected chi connectivity index (χ4v) is 7.29. The minimum Gasteiger partial charge on any atom is -0.472 e. The van der Waals surface area contributed by atoms with Gasteiger partial charge in [0.15, 0.2) is 5.60 Å². The normalized spacial score (nSPS) is 13.0. The molecule has 2 heteroatoms. The van der Waals surface area contributed by atoms with Gasteiger partial charge in [-0.3, -0.25) is 0 Å². The van der Waals surface area contributed by atoms with E-state index in [-0.39, 0.29) is 0 Å². The molecule has 0 spiro atoms. The molecule has 0 bridgehead atoms. The van der Waals surface area contributed by atoms with E-state index < -0.39 is 5.60 Å². The Hall–Kier alpha value is -6.12. The highest BCUT2D eigenvalue weighted by Gasteiger charge is 2.44. The molecule has 0 N–H and O–H groups in total. The van der Waals surface area contributed by atoms with Gasteiger partial charge in [0.1, 0.15) is 5.75 Å². The van der Waals surface area contributed by atoms with Crippen LogP contribution in [-0.2, 0) is 5.60 Å². The van der Waals surface area contributed by atoms with Gasteiger partial charge in [-0.15, -0.1) is 0 Å². The van der Waals surface area contributed by atoms with Crippen molar-refractivity contribution in [3.05, 3.63) is 205 Å². The fourth-order valence-electron chi connectivity index (χ4n) is 7.29. The zero-order valence-electron chi connectivity index (χ0n) is 25.8. The summed E-state index contributed by atoms with van der Waals surface area (Å²) in [5, 5.41) is 4.81. The number of ether oxygens (including phenoxy) is 1. The van der Waals surface area contributed by atoms with Crippen LogP contribution in [0.4, 0.5) is 17.1 Å². The summed E-state index contributed by atoms with van der Waals surface area (Å²) in [4.78, 5) is 2.37. The van der Waals surface area contributed by atoms with Crippen LogP contribution in [0.25, 0.3) is 32.7 Å². The van der Waals surface area contributed by atoms with Crippen LogP contribution in [0, 0.1) is 0 Å². The number of fused-ring (bicyclic) bond motifs is 5. The topological polar surface area (TPSA) is 12.5 Å². The summed E-state index contributed by atoms with van der Waals surface area (Å²) < 4.78 is 7.41. The van der Waals surface area contributed by atoms with Gasteiger partial charge in [-0.25, -0.2) is 0 Å². The lowest BCUT2D eigenvalue weighted by Crippen LogP contribution is -2.38. The first kappa shape index (κ1) is 27.2. The molecule has 0 unspecified atom stereocenters. The van der Waals surface area contributed by atoms with Crippen molar-refractivity contribution in [2.45, 2.75) is 5.60 Å². The van der Waals surface area contributed by atoms with Crippen molar-refractivity contribution < 1.29 is 4.74 Å². The van der Waals surface area contributed by atoms with Gasteiger partial charge in [-0.05, 0) is 52.1 Å². The molecule has 1 aliphatic heterocycles. The Labute approximate surface area is 274 Å². The van der Waals surface area contributed by atoms with E-state index >= 15 is 0 Å². The summed E-state index contributed by atoms with van der Waals surface area (Å²) in [5.74, 6) is 0.847. The third-order valence-corrected chi connectivity index (χ3v) is 9.44. The Morgan fingerprint density at radius 1 is 0.404 bits per heavy atom. The summed E-state index contributed by atoms with van der Waals surface area (Å²) in [5.41, 5.74) is 8.00. The summed E-state index contributed by atoms with van der Waals surface area (Å²) in [6.45, 7) is 0. The Morgan fingerprint density at radius 3 is 1.79 bits per heavy atom. The SMILES string of the molecule is c1ccc(C2(c3ccccc3)Oc3cc(N(c4ccc5ccccc5c4)c4cccc5ccccc45)ccc3-c3ccccc32)cc1. The number of anilines is 3. The van der Waals surface area contributed by atoms with E-state index in [9.17, 15) is 0 Å². The molecule has 8 aromatic rings. The molecule has 0 amide bonds. The molecule has 0 saturated heterocycles. The second-order valence-electron chi connectivity index (χ2n) is 12.1. The van der Waals surface area contributed by atoms with Crippen LogP contribution in [0.2, 0.25) is 0 Å². The second-order valence-corrected chi connectivity index (χ2v) is 12.1. The molecule has 1 heterocycles. The predicted octanol–water partition coefficient (Wildman–Crippen LogP) is 11.8. The molecule has 222 valence electrons. The van der Waals surface area contributed by atoms with E-state index in [4.69, 9.17) is 4.74 Å². The highest BCUT2D eigenvalue weighted by molar-refractivity contribution is 6.00. The zero-order chi connectivity index (χ0) is 31.2.